The minimum Gasteiger partial charge on any atom is -0.480 e. The zero-order chi connectivity index (χ0) is 14.0. The van der Waals surface area contributed by atoms with Gasteiger partial charge in [0.1, 0.15) is 5.25 Å². The fourth-order valence-corrected chi connectivity index (χ4v) is 3.20. The van der Waals surface area contributed by atoms with Gasteiger partial charge in [-0.1, -0.05) is 13.8 Å². The first-order chi connectivity index (χ1) is 8.25. The Morgan fingerprint density at radius 2 is 1.89 bits per heavy atom. The Morgan fingerprint density at radius 3 is 2.22 bits per heavy atom. The zero-order valence-electron chi connectivity index (χ0n) is 11.0. The summed E-state index contributed by atoms with van der Waals surface area (Å²) in [5, 5.41) is 7.89. The van der Waals surface area contributed by atoms with Gasteiger partial charge in [0.15, 0.2) is 0 Å². The molecule has 1 aliphatic rings. The van der Waals surface area contributed by atoms with Crippen LogP contribution in [0.5, 0.6) is 0 Å². The molecule has 18 heavy (non-hydrogen) atoms. The number of thioether (sulfide) groups is 1. The monoisotopic (exact) mass is 273 g/mol. The largest absolute Gasteiger partial charge is 0.480 e. The van der Waals surface area contributed by atoms with Crippen molar-refractivity contribution in [1.29, 1.82) is 0 Å². The Morgan fingerprint density at radius 1 is 1.33 bits per heavy atom. The summed E-state index contributed by atoms with van der Waals surface area (Å²) in [6.45, 7) is 7.15. The van der Waals surface area contributed by atoms with E-state index in [1.807, 2.05) is 0 Å². The van der Waals surface area contributed by atoms with Crippen LogP contribution in [0.2, 0.25) is 0 Å². The summed E-state index contributed by atoms with van der Waals surface area (Å²) in [6.07, 6.45) is 0.109. The molecule has 1 fully saturated rings. The Balaban J connectivity index is 2.78. The van der Waals surface area contributed by atoms with Crippen LogP contribution >= 0.6 is 11.8 Å². The van der Waals surface area contributed by atoms with Crippen LogP contribution in [0.4, 0.5) is 0 Å². The van der Waals surface area contributed by atoms with Gasteiger partial charge < -0.3 is 5.11 Å². The summed E-state index contributed by atoms with van der Waals surface area (Å²) in [4.78, 5) is 36.1. The first-order valence-electron chi connectivity index (χ1n) is 5.99. The number of carbonyl (C=O) groups excluding carboxylic acids is 2. The van der Waals surface area contributed by atoms with Crippen LogP contribution in [0.3, 0.4) is 0 Å². The maximum absolute atomic E-state index is 12.0. The molecule has 1 heterocycles. The zero-order valence-corrected chi connectivity index (χ0v) is 11.9. The van der Waals surface area contributed by atoms with Gasteiger partial charge in [-0.3, -0.25) is 19.3 Å². The van der Waals surface area contributed by atoms with Crippen LogP contribution < -0.4 is 0 Å². The number of carboxylic acids is 1. The van der Waals surface area contributed by atoms with Crippen LogP contribution in [0, 0.1) is 5.92 Å². The molecule has 0 aromatic carbocycles. The van der Waals surface area contributed by atoms with E-state index in [1.54, 1.807) is 27.7 Å². The first kappa shape index (κ1) is 15.0. The van der Waals surface area contributed by atoms with Crippen molar-refractivity contribution >= 4 is 29.5 Å². The molecular weight excluding hydrogens is 254 g/mol. The summed E-state index contributed by atoms with van der Waals surface area (Å²) in [6, 6.07) is -0.169. The first-order valence-corrected chi connectivity index (χ1v) is 6.94. The van der Waals surface area contributed by atoms with E-state index in [4.69, 9.17) is 5.11 Å². The van der Waals surface area contributed by atoms with Crippen molar-refractivity contribution in [1.82, 2.24) is 4.90 Å². The number of carbonyl (C=O) groups is 3. The molecule has 2 unspecified atom stereocenters. The van der Waals surface area contributed by atoms with Crippen LogP contribution in [-0.2, 0) is 14.4 Å². The Kier molecular flexibility index (Phi) is 4.78. The highest BCUT2D eigenvalue weighted by molar-refractivity contribution is 8.01. The molecule has 0 spiro atoms. The summed E-state index contributed by atoms with van der Waals surface area (Å²) in [7, 11) is 0. The van der Waals surface area contributed by atoms with Crippen LogP contribution in [0.1, 0.15) is 34.1 Å². The molecule has 1 aliphatic heterocycles. The number of likely N-dealkylation sites (tertiary alicyclic amines) is 1. The van der Waals surface area contributed by atoms with E-state index < -0.39 is 16.5 Å². The topological polar surface area (TPSA) is 74.7 Å². The highest BCUT2D eigenvalue weighted by Gasteiger charge is 2.42. The Labute approximate surface area is 111 Å². The molecule has 0 aromatic heterocycles. The average molecular weight is 273 g/mol. The third kappa shape index (κ3) is 3.04. The number of rotatable bonds is 5. The molecule has 0 saturated carbocycles. The van der Waals surface area contributed by atoms with Crippen molar-refractivity contribution in [3.05, 3.63) is 0 Å². The van der Waals surface area contributed by atoms with Crippen molar-refractivity contribution in [2.75, 3.05) is 0 Å². The quantitative estimate of drug-likeness (QED) is 0.766. The van der Waals surface area contributed by atoms with Crippen LogP contribution in [0.25, 0.3) is 0 Å². The smallest absolute Gasteiger partial charge is 0.316 e. The van der Waals surface area contributed by atoms with E-state index >= 15 is 0 Å². The second-order valence-electron chi connectivity index (χ2n) is 5.03. The minimum absolute atomic E-state index is 0.0801. The van der Waals surface area contributed by atoms with Crippen molar-refractivity contribution in [3.63, 3.8) is 0 Å². The van der Waals surface area contributed by atoms with Crippen molar-refractivity contribution in [2.45, 2.75) is 50.7 Å². The predicted molar refractivity (Wildman–Crippen MR) is 69.2 cm³/mol. The van der Waals surface area contributed by atoms with E-state index in [9.17, 15) is 14.4 Å². The molecule has 102 valence electrons. The standard InChI is InChI=1S/C12H19NO4S/c1-6(2)10(12(16)17)18-8-5-9(14)13(7(3)4)11(8)15/h6-8,10H,5H2,1-4H3,(H,16,17). The lowest BCUT2D eigenvalue weighted by Gasteiger charge is -2.21. The normalized spacial score (nSPS) is 22.1. The molecule has 2 atom stereocenters. The number of imide groups is 1. The van der Waals surface area contributed by atoms with Gasteiger partial charge in [-0.15, -0.1) is 11.8 Å². The molecule has 0 aliphatic carbocycles. The molecule has 0 bridgehead atoms. The number of amides is 2. The van der Waals surface area contributed by atoms with Crippen LogP contribution in [-0.4, -0.2) is 44.3 Å². The lowest BCUT2D eigenvalue weighted by atomic mass is 10.1. The Bertz CT molecular complexity index is 367. The summed E-state index contributed by atoms with van der Waals surface area (Å²) < 4.78 is 0. The van der Waals surface area contributed by atoms with E-state index in [1.165, 1.54) is 4.90 Å². The van der Waals surface area contributed by atoms with Gasteiger partial charge in [0.05, 0.1) is 5.25 Å². The molecule has 0 aromatic rings. The van der Waals surface area contributed by atoms with Gasteiger partial charge in [0.2, 0.25) is 11.8 Å². The lowest BCUT2D eigenvalue weighted by Crippen LogP contribution is -2.38. The SMILES string of the molecule is CC(C)C(SC1CC(=O)N(C(C)C)C1=O)C(=O)O. The number of hydrogen-bond acceptors (Lipinski definition) is 4. The van der Waals surface area contributed by atoms with Gasteiger partial charge in [-0.25, -0.2) is 0 Å². The van der Waals surface area contributed by atoms with E-state index in [-0.39, 0.29) is 30.2 Å². The molecule has 1 saturated heterocycles. The minimum atomic E-state index is -0.932. The summed E-state index contributed by atoms with van der Waals surface area (Å²) >= 11 is 1.09. The molecule has 6 heteroatoms. The second kappa shape index (κ2) is 5.73. The van der Waals surface area contributed by atoms with E-state index in [2.05, 4.69) is 0 Å². The second-order valence-corrected chi connectivity index (χ2v) is 6.38. The van der Waals surface area contributed by atoms with E-state index in [0.717, 1.165) is 11.8 Å². The summed E-state index contributed by atoms with van der Waals surface area (Å²) in [5.74, 6) is -1.48. The van der Waals surface area contributed by atoms with Gasteiger partial charge in [0.25, 0.3) is 0 Å². The van der Waals surface area contributed by atoms with Crippen molar-refractivity contribution in [2.24, 2.45) is 5.92 Å². The number of hydrogen-bond donors (Lipinski definition) is 1. The van der Waals surface area contributed by atoms with Gasteiger partial charge in [-0.2, -0.15) is 0 Å². The maximum atomic E-state index is 12.0. The molecule has 0 radical (unpaired) electrons. The van der Waals surface area contributed by atoms with Crippen molar-refractivity contribution < 1.29 is 19.5 Å². The van der Waals surface area contributed by atoms with Gasteiger partial charge >= 0.3 is 5.97 Å². The predicted octanol–water partition coefficient (Wildman–Crippen LogP) is 1.36. The molecule has 1 N–H and O–H groups in total. The van der Waals surface area contributed by atoms with E-state index in [0.29, 0.717) is 0 Å². The molecule has 5 nitrogen and oxygen atoms in total. The third-order valence-corrected chi connectivity index (χ3v) is 4.55. The number of aliphatic carboxylic acids is 1. The van der Waals surface area contributed by atoms with Gasteiger partial charge in [0, 0.05) is 12.5 Å². The van der Waals surface area contributed by atoms with Crippen LogP contribution in [0.15, 0.2) is 0 Å². The highest BCUT2D eigenvalue weighted by Crippen LogP contribution is 2.32. The number of nitrogens with zero attached hydrogens (tertiary/aromatic N) is 1. The summed E-state index contributed by atoms with van der Waals surface area (Å²) in [5.41, 5.74) is 0. The van der Waals surface area contributed by atoms with Crippen molar-refractivity contribution in [3.8, 4) is 0 Å². The highest BCUT2D eigenvalue weighted by atomic mass is 32.2. The fourth-order valence-electron chi connectivity index (χ4n) is 1.95. The van der Waals surface area contributed by atoms with Gasteiger partial charge in [-0.05, 0) is 19.8 Å². The lowest BCUT2D eigenvalue weighted by molar-refractivity contribution is -0.140. The maximum Gasteiger partial charge on any atom is 0.316 e. The molecular formula is C12H19NO4S. The average Bonchev–Trinajstić information content (AvgIpc) is 2.49. The molecule has 2 amide bonds. The number of carboxylic acid groups (broad SMARTS) is 1. The molecule has 1 rings (SSSR count). The fraction of sp³-hybridized carbons (Fsp3) is 0.750. The Hall–Kier alpha value is -1.04. The third-order valence-electron chi connectivity index (χ3n) is 2.82.